The highest BCUT2D eigenvalue weighted by atomic mass is 35.5. The van der Waals surface area contributed by atoms with Gasteiger partial charge in [0.2, 0.25) is 0 Å². The molecule has 1 aliphatic carbocycles. The second-order valence-corrected chi connectivity index (χ2v) is 8.60. The molecule has 0 bridgehead atoms. The summed E-state index contributed by atoms with van der Waals surface area (Å²) in [5.41, 5.74) is 0.526. The molecule has 1 fully saturated rings. The van der Waals surface area contributed by atoms with Gasteiger partial charge in [0.15, 0.2) is 0 Å². The van der Waals surface area contributed by atoms with Crippen LogP contribution < -0.4 is 5.32 Å². The van der Waals surface area contributed by atoms with Crippen LogP contribution in [0.2, 0.25) is 4.34 Å². The van der Waals surface area contributed by atoms with Crippen LogP contribution in [0.5, 0.6) is 0 Å². The molecule has 1 aromatic rings. The molecule has 0 radical (unpaired) electrons. The van der Waals surface area contributed by atoms with E-state index in [0.717, 1.165) is 29.3 Å². The fraction of sp³-hybridized carbons (Fsp3) is 0.765. The summed E-state index contributed by atoms with van der Waals surface area (Å²) in [7, 11) is 0. The van der Waals surface area contributed by atoms with Crippen molar-refractivity contribution in [2.45, 2.75) is 65.3 Å². The molecule has 0 saturated heterocycles. The average Bonchev–Trinajstić information content (AvgIpc) is 2.85. The minimum atomic E-state index is 0.526. The van der Waals surface area contributed by atoms with Crippen LogP contribution in [0.15, 0.2) is 12.1 Å². The molecule has 1 N–H and O–H groups in total. The lowest BCUT2D eigenvalue weighted by Crippen LogP contribution is -2.37. The van der Waals surface area contributed by atoms with E-state index in [2.05, 4.69) is 32.2 Å². The molecule has 0 spiro atoms. The van der Waals surface area contributed by atoms with Crippen molar-refractivity contribution in [1.82, 2.24) is 5.32 Å². The van der Waals surface area contributed by atoms with Crippen LogP contribution in [0.25, 0.3) is 0 Å². The molecule has 1 heterocycles. The Morgan fingerprint density at radius 1 is 1.25 bits per heavy atom. The second-order valence-electron chi connectivity index (χ2n) is 6.80. The summed E-state index contributed by atoms with van der Waals surface area (Å²) < 4.78 is 0.905. The van der Waals surface area contributed by atoms with E-state index in [1.54, 1.807) is 11.3 Å². The Labute approximate surface area is 133 Å². The Morgan fingerprint density at radius 2 is 1.95 bits per heavy atom. The maximum Gasteiger partial charge on any atom is 0.0931 e. The number of rotatable bonds is 6. The van der Waals surface area contributed by atoms with Gasteiger partial charge in [-0.3, -0.25) is 0 Å². The number of hydrogen-bond donors (Lipinski definition) is 1. The lowest BCUT2D eigenvalue weighted by molar-refractivity contribution is 0.137. The van der Waals surface area contributed by atoms with Crippen LogP contribution in [0, 0.1) is 11.3 Å². The van der Waals surface area contributed by atoms with Crippen molar-refractivity contribution >= 4 is 22.9 Å². The summed E-state index contributed by atoms with van der Waals surface area (Å²) in [6.45, 7) is 8.29. The molecular weight excluding hydrogens is 286 g/mol. The van der Waals surface area contributed by atoms with E-state index in [1.807, 2.05) is 6.07 Å². The lowest BCUT2D eigenvalue weighted by Gasteiger charge is -2.39. The average molecular weight is 314 g/mol. The van der Waals surface area contributed by atoms with Crippen LogP contribution in [-0.4, -0.2) is 12.6 Å². The number of halogens is 1. The molecule has 3 heteroatoms. The smallest absolute Gasteiger partial charge is 0.0931 e. The van der Waals surface area contributed by atoms with Gasteiger partial charge < -0.3 is 5.32 Å². The second kappa shape index (κ2) is 7.29. The number of thiophene rings is 1. The fourth-order valence-corrected chi connectivity index (χ4v) is 4.34. The van der Waals surface area contributed by atoms with E-state index in [1.165, 1.54) is 37.0 Å². The number of nitrogens with one attached hydrogen (secondary N) is 1. The van der Waals surface area contributed by atoms with E-state index in [-0.39, 0.29) is 0 Å². The molecule has 20 heavy (non-hydrogen) atoms. The third-order valence-corrected chi connectivity index (χ3v) is 6.47. The van der Waals surface area contributed by atoms with Crippen LogP contribution in [-0.2, 0) is 6.42 Å². The molecule has 0 atom stereocenters. The third kappa shape index (κ3) is 4.47. The highest BCUT2D eigenvalue weighted by Crippen LogP contribution is 2.40. The Kier molecular flexibility index (Phi) is 5.95. The largest absolute Gasteiger partial charge is 0.314 e. The summed E-state index contributed by atoms with van der Waals surface area (Å²) in [5.74, 6) is 0.918. The van der Waals surface area contributed by atoms with Gasteiger partial charge in [-0.15, -0.1) is 11.3 Å². The molecule has 0 unspecified atom stereocenters. The summed E-state index contributed by atoms with van der Waals surface area (Å²) in [5, 5.41) is 3.73. The topological polar surface area (TPSA) is 12.0 Å². The first-order chi connectivity index (χ1) is 9.51. The third-order valence-electron chi connectivity index (χ3n) is 5.18. The Balaban J connectivity index is 1.67. The summed E-state index contributed by atoms with van der Waals surface area (Å²) >= 11 is 7.67. The van der Waals surface area contributed by atoms with Crippen molar-refractivity contribution in [2.75, 3.05) is 6.54 Å². The maximum atomic E-state index is 5.96. The molecule has 1 nitrogen and oxygen atoms in total. The zero-order valence-corrected chi connectivity index (χ0v) is 14.6. The molecule has 114 valence electrons. The van der Waals surface area contributed by atoms with Crippen LogP contribution in [0.3, 0.4) is 0 Å². The summed E-state index contributed by atoms with van der Waals surface area (Å²) in [4.78, 5) is 1.39. The van der Waals surface area contributed by atoms with Gasteiger partial charge in [0.1, 0.15) is 0 Å². The van der Waals surface area contributed by atoms with Gasteiger partial charge in [0.05, 0.1) is 4.34 Å². The van der Waals surface area contributed by atoms with E-state index in [9.17, 15) is 0 Å². The van der Waals surface area contributed by atoms with Gasteiger partial charge in [0, 0.05) is 17.5 Å². The van der Waals surface area contributed by atoms with Crippen LogP contribution >= 0.6 is 22.9 Å². The fourth-order valence-electron chi connectivity index (χ4n) is 3.25. The summed E-state index contributed by atoms with van der Waals surface area (Å²) in [6, 6.07) is 4.88. The van der Waals surface area contributed by atoms with Crippen molar-refractivity contribution in [3.05, 3.63) is 21.3 Å². The highest BCUT2D eigenvalue weighted by Gasteiger charge is 2.31. The van der Waals surface area contributed by atoms with Gasteiger partial charge in [-0.1, -0.05) is 38.8 Å². The Morgan fingerprint density at radius 3 is 2.50 bits per heavy atom. The Hall–Kier alpha value is -0.0500. The quantitative estimate of drug-likeness (QED) is 0.728. The Bertz CT molecular complexity index is 405. The van der Waals surface area contributed by atoms with E-state index < -0.39 is 0 Å². The lowest BCUT2D eigenvalue weighted by atomic mass is 9.69. The van der Waals surface area contributed by atoms with E-state index in [4.69, 9.17) is 11.6 Å². The minimum absolute atomic E-state index is 0.526. The van der Waals surface area contributed by atoms with Crippen molar-refractivity contribution < 1.29 is 0 Å². The molecule has 1 aromatic heterocycles. The molecule has 1 saturated carbocycles. The van der Waals surface area contributed by atoms with Crippen molar-refractivity contribution in [3.63, 3.8) is 0 Å². The SMILES string of the molecule is CCC(C)(C)C1CCC(NCCc2ccc(Cl)s2)CC1. The van der Waals surface area contributed by atoms with Crippen molar-refractivity contribution in [1.29, 1.82) is 0 Å². The van der Waals surface area contributed by atoms with Crippen molar-refractivity contribution in [2.24, 2.45) is 11.3 Å². The molecule has 0 aromatic carbocycles. The standard InChI is InChI=1S/C17H28ClNS/c1-4-17(2,3)13-5-7-14(8-6-13)19-12-11-15-9-10-16(18)20-15/h9-10,13-14,19H,4-8,11-12H2,1-3H3. The zero-order chi connectivity index (χ0) is 14.6. The maximum absolute atomic E-state index is 5.96. The van der Waals surface area contributed by atoms with E-state index in [0.29, 0.717) is 5.41 Å². The van der Waals surface area contributed by atoms with Gasteiger partial charge in [0.25, 0.3) is 0 Å². The van der Waals surface area contributed by atoms with Gasteiger partial charge >= 0.3 is 0 Å². The van der Waals surface area contributed by atoms with Crippen LogP contribution in [0.4, 0.5) is 0 Å². The molecule has 0 aliphatic heterocycles. The molecular formula is C17H28ClNS. The molecule has 0 amide bonds. The van der Waals surface area contributed by atoms with Crippen molar-refractivity contribution in [3.8, 4) is 0 Å². The number of hydrogen-bond acceptors (Lipinski definition) is 2. The zero-order valence-electron chi connectivity index (χ0n) is 13.0. The minimum Gasteiger partial charge on any atom is -0.314 e. The normalized spacial score (nSPS) is 24.0. The van der Waals surface area contributed by atoms with Crippen LogP contribution in [0.1, 0.15) is 57.8 Å². The predicted octanol–water partition coefficient (Wildman–Crippen LogP) is 5.53. The molecule has 1 aliphatic rings. The van der Waals surface area contributed by atoms with Gasteiger partial charge in [-0.25, -0.2) is 0 Å². The van der Waals surface area contributed by atoms with E-state index >= 15 is 0 Å². The first kappa shape index (κ1) is 16.3. The van der Waals surface area contributed by atoms with Gasteiger partial charge in [-0.2, -0.15) is 0 Å². The predicted molar refractivity (Wildman–Crippen MR) is 90.9 cm³/mol. The highest BCUT2D eigenvalue weighted by molar-refractivity contribution is 7.16. The first-order valence-electron chi connectivity index (χ1n) is 7.99. The first-order valence-corrected chi connectivity index (χ1v) is 9.18. The molecule has 2 rings (SSSR count). The summed E-state index contributed by atoms with van der Waals surface area (Å²) in [6.07, 6.45) is 7.89. The monoisotopic (exact) mass is 313 g/mol. The van der Waals surface area contributed by atoms with Gasteiger partial charge in [-0.05, 0) is 55.6 Å².